The van der Waals surface area contributed by atoms with Crippen LogP contribution < -0.4 is 4.90 Å². The molecular formula is C15H21NO2. The molecule has 0 unspecified atom stereocenters. The first-order valence-electron chi connectivity index (χ1n) is 6.35. The second kappa shape index (κ2) is 4.63. The lowest BCUT2D eigenvalue weighted by molar-refractivity contribution is -0.146. The fourth-order valence-electron chi connectivity index (χ4n) is 2.30. The van der Waals surface area contributed by atoms with E-state index >= 15 is 0 Å². The molecular weight excluding hydrogens is 226 g/mol. The van der Waals surface area contributed by atoms with Crippen LogP contribution >= 0.6 is 0 Å². The highest BCUT2D eigenvalue weighted by Gasteiger charge is 2.51. The molecule has 0 bridgehead atoms. The predicted octanol–water partition coefficient (Wildman–Crippen LogP) is 2.69. The van der Waals surface area contributed by atoms with Crippen molar-refractivity contribution < 1.29 is 9.53 Å². The molecule has 1 aliphatic carbocycles. The van der Waals surface area contributed by atoms with Gasteiger partial charge in [0.05, 0.1) is 12.5 Å². The molecule has 18 heavy (non-hydrogen) atoms. The van der Waals surface area contributed by atoms with Crippen LogP contribution in [0.15, 0.2) is 18.2 Å². The molecule has 0 atom stereocenters. The van der Waals surface area contributed by atoms with Gasteiger partial charge in [0.15, 0.2) is 0 Å². The summed E-state index contributed by atoms with van der Waals surface area (Å²) in [4.78, 5) is 13.9. The van der Waals surface area contributed by atoms with E-state index in [9.17, 15) is 4.79 Å². The average molecular weight is 247 g/mol. The summed E-state index contributed by atoms with van der Waals surface area (Å²) in [5, 5.41) is 0. The van der Waals surface area contributed by atoms with E-state index in [4.69, 9.17) is 4.74 Å². The maximum atomic E-state index is 11.7. The first-order chi connectivity index (χ1) is 8.48. The number of carbonyl (C=O) groups excluding carboxylic acids is 1. The fraction of sp³-hybridized carbons (Fsp3) is 0.533. The number of anilines is 1. The normalized spacial score (nSPS) is 16.2. The molecule has 2 rings (SSSR count). The van der Waals surface area contributed by atoms with Crippen LogP contribution in [0.25, 0.3) is 0 Å². The number of rotatable bonds is 4. The maximum Gasteiger partial charge on any atom is 0.313 e. The van der Waals surface area contributed by atoms with Crippen molar-refractivity contribution >= 4 is 11.7 Å². The van der Waals surface area contributed by atoms with Crippen molar-refractivity contribution in [1.82, 2.24) is 0 Å². The van der Waals surface area contributed by atoms with Gasteiger partial charge in [-0.3, -0.25) is 4.79 Å². The minimum absolute atomic E-state index is 0.0711. The Labute approximate surface area is 109 Å². The number of methoxy groups -OCH3 is 1. The topological polar surface area (TPSA) is 29.5 Å². The van der Waals surface area contributed by atoms with Crippen molar-refractivity contribution in [2.75, 3.05) is 25.6 Å². The van der Waals surface area contributed by atoms with E-state index in [0.29, 0.717) is 0 Å². The van der Waals surface area contributed by atoms with E-state index in [2.05, 4.69) is 36.9 Å². The summed E-state index contributed by atoms with van der Waals surface area (Å²) in [5.41, 5.74) is 3.47. The lowest BCUT2D eigenvalue weighted by Crippen LogP contribution is -2.32. The van der Waals surface area contributed by atoms with Crippen LogP contribution in [-0.4, -0.2) is 26.7 Å². The zero-order valence-corrected chi connectivity index (χ0v) is 11.6. The van der Waals surface area contributed by atoms with Crippen LogP contribution in [-0.2, 0) is 9.53 Å². The average Bonchev–Trinajstić information content (AvgIpc) is 3.12. The van der Waals surface area contributed by atoms with E-state index in [-0.39, 0.29) is 11.4 Å². The summed E-state index contributed by atoms with van der Waals surface area (Å²) in [6, 6.07) is 6.40. The summed E-state index contributed by atoms with van der Waals surface area (Å²) >= 11 is 0. The monoisotopic (exact) mass is 247 g/mol. The number of carbonyl (C=O) groups is 1. The zero-order chi connectivity index (χ0) is 13.3. The zero-order valence-electron chi connectivity index (χ0n) is 11.6. The number of aryl methyl sites for hydroxylation is 2. The second-order valence-corrected chi connectivity index (χ2v) is 5.40. The summed E-state index contributed by atoms with van der Waals surface area (Å²) in [6.07, 6.45) is 1.88. The number of nitrogens with zero attached hydrogens (tertiary/aromatic N) is 1. The van der Waals surface area contributed by atoms with Crippen molar-refractivity contribution in [1.29, 1.82) is 0 Å². The third-order valence-corrected chi connectivity index (χ3v) is 3.94. The molecule has 3 heteroatoms. The summed E-state index contributed by atoms with van der Waals surface area (Å²) in [7, 11) is 3.51. The number of hydrogen-bond acceptors (Lipinski definition) is 3. The Hall–Kier alpha value is -1.51. The van der Waals surface area contributed by atoms with E-state index in [1.807, 2.05) is 7.05 Å². The van der Waals surface area contributed by atoms with Crippen molar-refractivity contribution in [2.24, 2.45) is 5.41 Å². The van der Waals surface area contributed by atoms with Gasteiger partial charge in [-0.2, -0.15) is 0 Å². The SMILES string of the molecule is COC(=O)C1(CN(C)c2ccc(C)c(C)c2)CC1. The van der Waals surface area contributed by atoms with E-state index in [1.54, 1.807) is 0 Å². The van der Waals surface area contributed by atoms with E-state index in [0.717, 1.165) is 25.1 Å². The van der Waals surface area contributed by atoms with Gasteiger partial charge in [-0.1, -0.05) is 6.07 Å². The first kappa shape index (κ1) is 12.9. The summed E-state index contributed by atoms with van der Waals surface area (Å²) in [5.74, 6) is -0.0711. The Morgan fingerprint density at radius 3 is 2.50 bits per heavy atom. The Balaban J connectivity index is 2.10. The second-order valence-electron chi connectivity index (χ2n) is 5.40. The molecule has 98 valence electrons. The highest BCUT2D eigenvalue weighted by Crippen LogP contribution is 2.47. The van der Waals surface area contributed by atoms with Crippen molar-refractivity contribution in [3.8, 4) is 0 Å². The number of esters is 1. The van der Waals surface area contributed by atoms with Gasteiger partial charge in [0.1, 0.15) is 0 Å². The van der Waals surface area contributed by atoms with Crippen LogP contribution in [0.5, 0.6) is 0 Å². The molecule has 0 heterocycles. The van der Waals surface area contributed by atoms with Gasteiger partial charge in [0.25, 0.3) is 0 Å². The van der Waals surface area contributed by atoms with Crippen LogP contribution in [0, 0.1) is 19.3 Å². The quantitative estimate of drug-likeness (QED) is 0.766. The lowest BCUT2D eigenvalue weighted by atomic mass is 10.1. The van der Waals surface area contributed by atoms with Crippen molar-refractivity contribution in [2.45, 2.75) is 26.7 Å². The molecule has 0 radical (unpaired) electrons. The Morgan fingerprint density at radius 1 is 1.33 bits per heavy atom. The van der Waals surface area contributed by atoms with Crippen molar-refractivity contribution in [3.05, 3.63) is 29.3 Å². The van der Waals surface area contributed by atoms with E-state index in [1.165, 1.54) is 18.2 Å². The molecule has 1 aromatic rings. The van der Waals surface area contributed by atoms with Gasteiger partial charge >= 0.3 is 5.97 Å². The Morgan fingerprint density at radius 2 is 2.00 bits per heavy atom. The number of benzene rings is 1. The summed E-state index contributed by atoms with van der Waals surface area (Å²) < 4.78 is 4.89. The molecule has 3 nitrogen and oxygen atoms in total. The standard InChI is InChI=1S/C15H21NO2/c1-11-5-6-13(9-12(11)2)16(3)10-15(7-8-15)14(17)18-4/h5-6,9H,7-8,10H2,1-4H3. The highest BCUT2D eigenvalue weighted by atomic mass is 16.5. The van der Waals surface area contributed by atoms with Gasteiger partial charge in [0.2, 0.25) is 0 Å². The molecule has 1 aliphatic rings. The third-order valence-electron chi connectivity index (χ3n) is 3.94. The highest BCUT2D eigenvalue weighted by molar-refractivity contribution is 5.80. The van der Waals surface area contributed by atoms with Gasteiger partial charge < -0.3 is 9.64 Å². The predicted molar refractivity (Wildman–Crippen MR) is 72.9 cm³/mol. The molecule has 0 aliphatic heterocycles. The molecule has 0 spiro atoms. The molecule has 0 amide bonds. The molecule has 1 fully saturated rings. The third kappa shape index (κ3) is 2.35. The molecule has 1 saturated carbocycles. The van der Waals surface area contributed by atoms with Gasteiger partial charge in [0, 0.05) is 19.3 Å². The van der Waals surface area contributed by atoms with Crippen LogP contribution in [0.2, 0.25) is 0 Å². The lowest BCUT2D eigenvalue weighted by Gasteiger charge is -2.24. The largest absolute Gasteiger partial charge is 0.469 e. The smallest absolute Gasteiger partial charge is 0.313 e. The van der Waals surface area contributed by atoms with Gasteiger partial charge in [-0.05, 0) is 49.9 Å². The molecule has 1 aromatic carbocycles. The van der Waals surface area contributed by atoms with Crippen LogP contribution in [0.3, 0.4) is 0 Å². The van der Waals surface area contributed by atoms with Crippen LogP contribution in [0.4, 0.5) is 5.69 Å². The van der Waals surface area contributed by atoms with E-state index < -0.39 is 0 Å². The molecule has 0 aromatic heterocycles. The van der Waals surface area contributed by atoms with Crippen molar-refractivity contribution in [3.63, 3.8) is 0 Å². The number of hydrogen-bond donors (Lipinski definition) is 0. The Kier molecular flexibility index (Phi) is 3.33. The minimum atomic E-state index is -0.262. The Bertz CT molecular complexity index is 464. The fourth-order valence-corrected chi connectivity index (χ4v) is 2.30. The van der Waals surface area contributed by atoms with Crippen LogP contribution in [0.1, 0.15) is 24.0 Å². The molecule has 0 saturated heterocycles. The number of ether oxygens (including phenoxy) is 1. The van der Waals surface area contributed by atoms with Gasteiger partial charge in [-0.25, -0.2) is 0 Å². The van der Waals surface area contributed by atoms with Gasteiger partial charge in [-0.15, -0.1) is 0 Å². The molecule has 0 N–H and O–H groups in total. The minimum Gasteiger partial charge on any atom is -0.469 e. The maximum absolute atomic E-state index is 11.7. The first-order valence-corrected chi connectivity index (χ1v) is 6.35. The summed E-state index contributed by atoms with van der Waals surface area (Å²) in [6.45, 7) is 4.96.